The molecule has 0 saturated carbocycles. The molecule has 0 spiro atoms. The molecule has 0 radical (unpaired) electrons. The molecule has 1 amide bonds. The Morgan fingerprint density at radius 2 is 1.84 bits per heavy atom. The third-order valence-electron chi connectivity index (χ3n) is 4.96. The van der Waals surface area contributed by atoms with E-state index < -0.39 is 11.6 Å². The maximum absolute atomic E-state index is 14.3. The first-order valence-electron chi connectivity index (χ1n) is 9.54. The SMILES string of the molecule is O=C(c1cccc2ccccc12)N(Cc1cccnc1)c1nc2c(F)cc(F)cc2s1. The van der Waals surface area contributed by atoms with E-state index >= 15 is 0 Å². The van der Waals surface area contributed by atoms with Crippen LogP contribution in [0, 0.1) is 11.6 Å². The number of halogens is 2. The molecule has 0 N–H and O–H groups in total. The second-order valence-corrected chi connectivity index (χ2v) is 8.02. The molecule has 0 saturated heterocycles. The number of anilines is 1. The number of thiazole rings is 1. The van der Waals surface area contributed by atoms with Crippen molar-refractivity contribution in [2.45, 2.75) is 6.54 Å². The minimum Gasteiger partial charge on any atom is -0.279 e. The number of pyridine rings is 1. The average molecular weight is 431 g/mol. The fourth-order valence-corrected chi connectivity index (χ4v) is 4.52. The van der Waals surface area contributed by atoms with Crippen molar-refractivity contribution in [1.29, 1.82) is 0 Å². The minimum absolute atomic E-state index is 0.0447. The summed E-state index contributed by atoms with van der Waals surface area (Å²) in [6.45, 7) is 0.194. The van der Waals surface area contributed by atoms with Crippen LogP contribution in [-0.2, 0) is 6.54 Å². The molecular formula is C24H15F2N3OS. The average Bonchev–Trinajstić information content (AvgIpc) is 3.21. The molecule has 0 aliphatic heterocycles. The number of carbonyl (C=O) groups excluding carboxylic acids is 1. The van der Waals surface area contributed by atoms with E-state index in [2.05, 4.69) is 9.97 Å². The minimum atomic E-state index is -0.753. The van der Waals surface area contributed by atoms with E-state index in [1.165, 1.54) is 11.0 Å². The van der Waals surface area contributed by atoms with Gasteiger partial charge in [0.2, 0.25) is 0 Å². The summed E-state index contributed by atoms with van der Waals surface area (Å²) in [6, 6.07) is 18.8. The zero-order chi connectivity index (χ0) is 21.4. The first kappa shape index (κ1) is 19.3. The van der Waals surface area contributed by atoms with Crippen molar-refractivity contribution in [3.05, 3.63) is 102 Å². The van der Waals surface area contributed by atoms with Crippen molar-refractivity contribution in [2.24, 2.45) is 0 Å². The van der Waals surface area contributed by atoms with Gasteiger partial charge in [0.15, 0.2) is 10.9 Å². The summed E-state index contributed by atoms with van der Waals surface area (Å²) in [5.74, 6) is -1.71. The molecule has 0 unspecified atom stereocenters. The number of rotatable bonds is 4. The van der Waals surface area contributed by atoms with Crippen LogP contribution in [0.4, 0.5) is 13.9 Å². The van der Waals surface area contributed by atoms with E-state index in [4.69, 9.17) is 0 Å². The zero-order valence-electron chi connectivity index (χ0n) is 16.1. The van der Waals surface area contributed by atoms with Crippen molar-refractivity contribution in [3.8, 4) is 0 Å². The largest absolute Gasteiger partial charge is 0.279 e. The monoisotopic (exact) mass is 431 g/mol. The van der Waals surface area contributed by atoms with Crippen LogP contribution in [0.5, 0.6) is 0 Å². The lowest BCUT2D eigenvalue weighted by Crippen LogP contribution is -2.30. The summed E-state index contributed by atoms with van der Waals surface area (Å²) in [4.78, 5) is 23.6. The lowest BCUT2D eigenvalue weighted by atomic mass is 10.0. The van der Waals surface area contributed by atoms with E-state index in [1.54, 1.807) is 24.5 Å². The molecule has 0 atom stereocenters. The van der Waals surface area contributed by atoms with Gasteiger partial charge in [-0.3, -0.25) is 14.7 Å². The Labute approximate surface area is 180 Å². The number of benzene rings is 3. The van der Waals surface area contributed by atoms with E-state index in [0.29, 0.717) is 15.4 Å². The van der Waals surface area contributed by atoms with Gasteiger partial charge in [0, 0.05) is 24.0 Å². The predicted molar refractivity (Wildman–Crippen MR) is 118 cm³/mol. The van der Waals surface area contributed by atoms with Crippen molar-refractivity contribution in [3.63, 3.8) is 0 Å². The van der Waals surface area contributed by atoms with Gasteiger partial charge in [0.05, 0.1) is 11.2 Å². The van der Waals surface area contributed by atoms with Crippen LogP contribution in [0.25, 0.3) is 21.0 Å². The maximum Gasteiger partial charge on any atom is 0.261 e. The van der Waals surface area contributed by atoms with E-state index in [0.717, 1.165) is 33.7 Å². The molecule has 5 rings (SSSR count). The lowest BCUT2D eigenvalue weighted by Gasteiger charge is -2.21. The van der Waals surface area contributed by atoms with E-state index in [1.807, 2.05) is 42.5 Å². The number of amides is 1. The molecule has 31 heavy (non-hydrogen) atoms. The fraction of sp³-hybridized carbons (Fsp3) is 0.0417. The number of carbonyl (C=O) groups is 1. The first-order valence-corrected chi connectivity index (χ1v) is 10.4. The Balaban J connectivity index is 1.65. The number of hydrogen-bond acceptors (Lipinski definition) is 4. The van der Waals surface area contributed by atoms with Crippen molar-refractivity contribution in [1.82, 2.24) is 9.97 Å². The molecule has 0 bridgehead atoms. The van der Waals surface area contributed by atoms with Crippen LogP contribution >= 0.6 is 11.3 Å². The number of fused-ring (bicyclic) bond motifs is 2. The van der Waals surface area contributed by atoms with Gasteiger partial charge in [-0.05, 0) is 34.5 Å². The van der Waals surface area contributed by atoms with E-state index in [-0.39, 0.29) is 18.0 Å². The first-order chi connectivity index (χ1) is 15.1. The quantitative estimate of drug-likeness (QED) is 0.352. The van der Waals surface area contributed by atoms with Gasteiger partial charge in [0.25, 0.3) is 5.91 Å². The molecular weight excluding hydrogens is 416 g/mol. The summed E-state index contributed by atoms with van der Waals surface area (Å²) in [6.07, 6.45) is 3.31. The second-order valence-electron chi connectivity index (χ2n) is 7.01. The molecule has 3 aromatic carbocycles. The van der Waals surface area contributed by atoms with Crippen LogP contribution in [-0.4, -0.2) is 15.9 Å². The van der Waals surface area contributed by atoms with Gasteiger partial charge in [-0.15, -0.1) is 0 Å². The normalized spacial score (nSPS) is 11.2. The predicted octanol–water partition coefficient (Wildman–Crippen LogP) is 5.97. The molecule has 5 aromatic rings. The second kappa shape index (κ2) is 7.85. The molecule has 152 valence electrons. The van der Waals surface area contributed by atoms with Gasteiger partial charge in [-0.2, -0.15) is 0 Å². The van der Waals surface area contributed by atoms with E-state index in [9.17, 15) is 13.6 Å². The molecule has 4 nitrogen and oxygen atoms in total. The van der Waals surface area contributed by atoms with Crippen molar-refractivity contribution >= 4 is 43.4 Å². The highest BCUT2D eigenvalue weighted by molar-refractivity contribution is 7.22. The highest BCUT2D eigenvalue weighted by Crippen LogP contribution is 2.33. The lowest BCUT2D eigenvalue weighted by molar-refractivity contribution is 0.0986. The molecule has 0 aliphatic rings. The van der Waals surface area contributed by atoms with Gasteiger partial charge < -0.3 is 0 Å². The standard InChI is InChI=1S/C24H15F2N3OS/c25-17-11-20(26)22-21(12-17)31-24(28-22)29(14-15-5-4-10-27-13-15)23(30)19-9-3-7-16-6-1-2-8-18(16)19/h1-13H,14H2. The molecule has 0 aliphatic carbocycles. The van der Waals surface area contributed by atoms with Crippen LogP contribution in [0.15, 0.2) is 79.1 Å². The van der Waals surface area contributed by atoms with Crippen LogP contribution < -0.4 is 4.90 Å². The number of nitrogens with zero attached hydrogens (tertiary/aromatic N) is 3. The Bertz CT molecular complexity index is 1410. The molecule has 0 fully saturated rings. The van der Waals surface area contributed by atoms with Crippen LogP contribution in [0.3, 0.4) is 0 Å². The van der Waals surface area contributed by atoms with Crippen LogP contribution in [0.2, 0.25) is 0 Å². The summed E-state index contributed by atoms with van der Waals surface area (Å²) in [5.41, 5.74) is 1.35. The highest BCUT2D eigenvalue weighted by Gasteiger charge is 2.24. The summed E-state index contributed by atoms with van der Waals surface area (Å²) < 4.78 is 28.3. The third-order valence-corrected chi connectivity index (χ3v) is 5.99. The number of hydrogen-bond donors (Lipinski definition) is 0. The highest BCUT2D eigenvalue weighted by atomic mass is 32.1. The third kappa shape index (κ3) is 3.64. The van der Waals surface area contributed by atoms with Crippen molar-refractivity contribution < 1.29 is 13.6 Å². The zero-order valence-corrected chi connectivity index (χ0v) is 16.9. The van der Waals surface area contributed by atoms with Crippen LogP contribution in [0.1, 0.15) is 15.9 Å². The topological polar surface area (TPSA) is 46.1 Å². The molecule has 2 heterocycles. The van der Waals surface area contributed by atoms with Gasteiger partial charge in [0.1, 0.15) is 11.3 Å². The maximum atomic E-state index is 14.3. The Kier molecular flexibility index (Phi) is 4.88. The summed E-state index contributed by atoms with van der Waals surface area (Å²) >= 11 is 1.07. The Morgan fingerprint density at radius 1 is 1.00 bits per heavy atom. The number of aromatic nitrogens is 2. The Hall–Kier alpha value is -3.71. The molecule has 2 aromatic heterocycles. The summed E-state index contributed by atoms with van der Waals surface area (Å²) in [7, 11) is 0. The van der Waals surface area contributed by atoms with Gasteiger partial charge in [-0.1, -0.05) is 53.8 Å². The smallest absolute Gasteiger partial charge is 0.261 e. The Morgan fingerprint density at radius 3 is 2.68 bits per heavy atom. The fourth-order valence-electron chi connectivity index (χ4n) is 3.52. The van der Waals surface area contributed by atoms with Gasteiger partial charge in [-0.25, -0.2) is 13.8 Å². The van der Waals surface area contributed by atoms with Crippen molar-refractivity contribution in [2.75, 3.05) is 4.90 Å². The summed E-state index contributed by atoms with van der Waals surface area (Å²) in [5, 5.41) is 2.04. The van der Waals surface area contributed by atoms with Gasteiger partial charge >= 0.3 is 0 Å². The molecule has 7 heteroatoms.